The first-order valence-electron chi connectivity index (χ1n) is 7.40. The maximum atomic E-state index is 13.7. The van der Waals surface area contributed by atoms with Gasteiger partial charge in [0.2, 0.25) is 5.75 Å². The van der Waals surface area contributed by atoms with Crippen LogP contribution in [0.4, 0.5) is 0 Å². The Kier molecular flexibility index (Phi) is 5.29. The molecule has 0 saturated carbocycles. The number of aryl methyl sites for hydroxylation is 1. The molecule has 0 radical (unpaired) electrons. The summed E-state index contributed by atoms with van der Waals surface area (Å²) >= 11 is 0. The molecule has 0 heterocycles. The Morgan fingerprint density at radius 2 is 1.23 bits per heavy atom. The third-order valence-electron chi connectivity index (χ3n) is 3.59. The number of methoxy groups -OCH3 is 2. The number of benzene rings is 1. The maximum absolute atomic E-state index is 13.7. The van der Waals surface area contributed by atoms with Crippen LogP contribution in [0.1, 0.15) is 47.1 Å². The van der Waals surface area contributed by atoms with Gasteiger partial charge in [0.1, 0.15) is 0 Å². The molecule has 0 aliphatic carbocycles. The fourth-order valence-electron chi connectivity index (χ4n) is 2.51. The van der Waals surface area contributed by atoms with Gasteiger partial charge < -0.3 is 14.0 Å². The van der Waals surface area contributed by atoms with E-state index < -0.39 is 17.7 Å². The minimum absolute atomic E-state index is 0.406. The predicted octanol–water partition coefficient (Wildman–Crippen LogP) is 5.27. The summed E-state index contributed by atoms with van der Waals surface area (Å²) in [5.74, 6) is 1.47. The van der Waals surface area contributed by atoms with Gasteiger partial charge in [0.25, 0.3) is 7.37 Å². The zero-order chi connectivity index (χ0) is 17.3. The minimum Gasteiger partial charge on any atom is -0.493 e. The average Bonchev–Trinajstić information content (AvgIpc) is 2.37. The van der Waals surface area contributed by atoms with E-state index in [1.54, 1.807) is 14.2 Å². The molecule has 0 N–H and O–H groups in total. The predicted molar refractivity (Wildman–Crippen MR) is 92.0 cm³/mol. The van der Waals surface area contributed by atoms with Crippen molar-refractivity contribution in [2.24, 2.45) is 0 Å². The molecule has 0 aliphatic heterocycles. The Bertz CT molecular complexity index is 536. The first kappa shape index (κ1) is 18.9. The second-order valence-corrected chi connectivity index (χ2v) is 11.5. The van der Waals surface area contributed by atoms with Crippen molar-refractivity contribution in [3.05, 3.63) is 17.7 Å². The highest BCUT2D eigenvalue weighted by molar-refractivity contribution is 7.62. The standard InChI is InChI=1S/C17H29O4P/c1-12-10-13(19-8)15(14(11-12)20-9)21-22(18,16(2,3)4)17(5,6)7/h10-11H,1-9H3. The van der Waals surface area contributed by atoms with E-state index in [2.05, 4.69) is 0 Å². The maximum Gasteiger partial charge on any atom is 0.258 e. The molecule has 1 aromatic carbocycles. The first-order chi connectivity index (χ1) is 9.87. The quantitative estimate of drug-likeness (QED) is 0.707. The van der Waals surface area contributed by atoms with Gasteiger partial charge in [-0.1, -0.05) is 41.5 Å². The molecule has 0 spiro atoms. The first-order valence-corrected chi connectivity index (χ1v) is 9.02. The van der Waals surface area contributed by atoms with Crippen LogP contribution in [0.25, 0.3) is 0 Å². The summed E-state index contributed by atoms with van der Waals surface area (Å²) in [6.07, 6.45) is 0. The van der Waals surface area contributed by atoms with Crippen LogP contribution in [0.15, 0.2) is 12.1 Å². The molecule has 0 bridgehead atoms. The summed E-state index contributed by atoms with van der Waals surface area (Å²) in [6, 6.07) is 3.71. The highest BCUT2D eigenvalue weighted by Crippen LogP contribution is 2.68. The van der Waals surface area contributed by atoms with Crippen molar-refractivity contribution in [3.63, 3.8) is 0 Å². The molecule has 1 aromatic rings. The van der Waals surface area contributed by atoms with E-state index in [0.29, 0.717) is 17.2 Å². The lowest BCUT2D eigenvalue weighted by molar-refractivity contribution is 0.347. The van der Waals surface area contributed by atoms with Gasteiger partial charge in [0.15, 0.2) is 11.5 Å². The van der Waals surface area contributed by atoms with Crippen molar-refractivity contribution >= 4 is 7.37 Å². The molecule has 0 saturated heterocycles. The van der Waals surface area contributed by atoms with Crippen LogP contribution in [-0.4, -0.2) is 24.5 Å². The molecule has 0 amide bonds. The van der Waals surface area contributed by atoms with Crippen LogP contribution in [-0.2, 0) is 4.57 Å². The Morgan fingerprint density at radius 3 is 1.50 bits per heavy atom. The molecular weight excluding hydrogens is 299 g/mol. The van der Waals surface area contributed by atoms with Gasteiger partial charge in [-0.15, -0.1) is 0 Å². The Hall–Kier alpha value is -1.15. The smallest absolute Gasteiger partial charge is 0.258 e. The summed E-state index contributed by atoms with van der Waals surface area (Å²) < 4.78 is 30.7. The van der Waals surface area contributed by atoms with Gasteiger partial charge in [-0.2, -0.15) is 0 Å². The van der Waals surface area contributed by atoms with E-state index in [-0.39, 0.29) is 0 Å². The van der Waals surface area contributed by atoms with Gasteiger partial charge >= 0.3 is 0 Å². The number of ether oxygens (including phenoxy) is 2. The van der Waals surface area contributed by atoms with Crippen molar-refractivity contribution in [2.75, 3.05) is 14.2 Å². The van der Waals surface area contributed by atoms with Crippen molar-refractivity contribution in [3.8, 4) is 17.2 Å². The second kappa shape index (κ2) is 6.16. The normalized spacial score (nSPS) is 13.0. The molecule has 4 nitrogen and oxygen atoms in total. The molecule has 0 fully saturated rings. The number of hydrogen-bond acceptors (Lipinski definition) is 4. The van der Waals surface area contributed by atoms with Crippen LogP contribution in [0.5, 0.6) is 17.2 Å². The highest BCUT2D eigenvalue weighted by Gasteiger charge is 2.49. The second-order valence-electron chi connectivity index (χ2n) is 7.48. The van der Waals surface area contributed by atoms with E-state index in [1.807, 2.05) is 60.6 Å². The van der Waals surface area contributed by atoms with Gasteiger partial charge in [-0.3, -0.25) is 4.57 Å². The van der Waals surface area contributed by atoms with Gasteiger partial charge in [0.05, 0.1) is 14.2 Å². The van der Waals surface area contributed by atoms with E-state index in [4.69, 9.17) is 14.0 Å². The lowest BCUT2D eigenvalue weighted by Crippen LogP contribution is -2.31. The summed E-state index contributed by atoms with van der Waals surface area (Å²) in [4.78, 5) is 0. The van der Waals surface area contributed by atoms with Crippen molar-refractivity contribution in [1.29, 1.82) is 0 Å². The average molecular weight is 328 g/mol. The van der Waals surface area contributed by atoms with Gasteiger partial charge in [-0.05, 0) is 24.6 Å². The zero-order valence-electron chi connectivity index (χ0n) is 15.2. The lowest BCUT2D eigenvalue weighted by Gasteiger charge is -2.40. The van der Waals surface area contributed by atoms with Crippen molar-refractivity contribution in [2.45, 2.75) is 58.8 Å². The van der Waals surface area contributed by atoms with Crippen LogP contribution in [0.2, 0.25) is 0 Å². The number of rotatable bonds is 4. The number of hydrogen-bond donors (Lipinski definition) is 0. The topological polar surface area (TPSA) is 44.8 Å². The molecule has 0 aromatic heterocycles. The Labute approximate surface area is 134 Å². The Morgan fingerprint density at radius 1 is 0.864 bits per heavy atom. The summed E-state index contributed by atoms with van der Waals surface area (Å²) in [5, 5.41) is -1.02. The molecule has 5 heteroatoms. The van der Waals surface area contributed by atoms with Crippen LogP contribution in [0.3, 0.4) is 0 Å². The summed E-state index contributed by atoms with van der Waals surface area (Å²) in [5.41, 5.74) is 0.988. The molecule has 0 aliphatic rings. The molecule has 0 atom stereocenters. The third kappa shape index (κ3) is 3.43. The molecular formula is C17H29O4P. The monoisotopic (exact) mass is 328 g/mol. The molecule has 126 valence electrons. The van der Waals surface area contributed by atoms with Gasteiger partial charge in [-0.25, -0.2) is 0 Å². The van der Waals surface area contributed by atoms with Crippen molar-refractivity contribution < 1.29 is 18.6 Å². The largest absolute Gasteiger partial charge is 0.493 e. The lowest BCUT2D eigenvalue weighted by atomic mass is 10.2. The van der Waals surface area contributed by atoms with Crippen molar-refractivity contribution in [1.82, 2.24) is 0 Å². The summed E-state index contributed by atoms with van der Waals surface area (Å²) in [7, 11) is 0.0750. The zero-order valence-corrected chi connectivity index (χ0v) is 16.1. The van der Waals surface area contributed by atoms with Crippen LogP contribution < -0.4 is 14.0 Å². The van der Waals surface area contributed by atoms with E-state index in [0.717, 1.165) is 5.56 Å². The Balaban J connectivity index is 3.53. The van der Waals surface area contributed by atoms with E-state index >= 15 is 0 Å². The molecule has 0 unspecified atom stereocenters. The van der Waals surface area contributed by atoms with Gasteiger partial charge in [0, 0.05) is 10.3 Å². The fraction of sp³-hybridized carbons (Fsp3) is 0.647. The van der Waals surface area contributed by atoms with Crippen LogP contribution in [0, 0.1) is 6.92 Å². The molecule has 1 rings (SSSR count). The van der Waals surface area contributed by atoms with E-state index in [9.17, 15) is 4.57 Å². The third-order valence-corrected chi connectivity index (χ3v) is 7.56. The van der Waals surface area contributed by atoms with Crippen LogP contribution >= 0.6 is 7.37 Å². The highest BCUT2D eigenvalue weighted by atomic mass is 31.2. The fourth-order valence-corrected chi connectivity index (χ4v) is 5.51. The summed E-state index contributed by atoms with van der Waals surface area (Å²) in [6.45, 7) is 13.6. The molecule has 22 heavy (non-hydrogen) atoms. The SMILES string of the molecule is COc1cc(C)cc(OC)c1OP(=O)(C(C)(C)C)C(C)(C)C. The van der Waals surface area contributed by atoms with E-state index in [1.165, 1.54) is 0 Å². The minimum atomic E-state index is -3.06.